The van der Waals surface area contributed by atoms with E-state index in [4.69, 9.17) is 0 Å². The maximum atomic E-state index is 12.0. The number of amidine groups is 1. The van der Waals surface area contributed by atoms with Crippen LogP contribution in [-0.4, -0.2) is 14.3 Å². The molecule has 1 aromatic carbocycles. The summed E-state index contributed by atoms with van der Waals surface area (Å²) >= 11 is 0. The minimum Gasteiger partial charge on any atom is -0.342 e. The van der Waals surface area contributed by atoms with Crippen LogP contribution in [0.15, 0.2) is 33.6 Å². The fourth-order valence-electron chi connectivity index (χ4n) is 2.17. The number of hydrogen-bond donors (Lipinski definition) is 1. The topological polar surface area (TPSA) is 58.5 Å². The van der Waals surface area contributed by atoms with Crippen LogP contribution < -0.4 is 5.32 Å². The molecule has 1 aliphatic heterocycles. The van der Waals surface area contributed by atoms with Gasteiger partial charge in [0.1, 0.15) is 10.7 Å². The molecule has 104 valence electrons. The van der Waals surface area contributed by atoms with E-state index in [-0.39, 0.29) is 4.90 Å². The van der Waals surface area contributed by atoms with Crippen molar-refractivity contribution < 1.29 is 8.42 Å². The van der Waals surface area contributed by atoms with E-state index in [0.29, 0.717) is 17.9 Å². The highest BCUT2D eigenvalue weighted by Crippen LogP contribution is 2.27. The number of unbranched alkanes of at least 4 members (excludes halogenated alkanes) is 4. The van der Waals surface area contributed by atoms with E-state index < -0.39 is 10.0 Å². The summed E-state index contributed by atoms with van der Waals surface area (Å²) in [5, 5.41) is 3.11. The lowest BCUT2D eigenvalue weighted by Gasteiger charge is -2.17. The highest BCUT2D eigenvalue weighted by atomic mass is 32.2. The van der Waals surface area contributed by atoms with E-state index in [1.807, 2.05) is 6.07 Å². The third kappa shape index (κ3) is 3.56. The Morgan fingerprint density at radius 2 is 1.84 bits per heavy atom. The van der Waals surface area contributed by atoms with Gasteiger partial charge in [0.25, 0.3) is 10.0 Å². The average Bonchev–Trinajstić information content (AvgIpc) is 2.38. The molecule has 0 fully saturated rings. The lowest BCUT2D eigenvalue weighted by Crippen LogP contribution is -2.21. The number of sulfonamides is 1. The van der Waals surface area contributed by atoms with E-state index in [2.05, 4.69) is 16.6 Å². The van der Waals surface area contributed by atoms with Gasteiger partial charge in [-0.25, -0.2) is 0 Å². The summed E-state index contributed by atoms with van der Waals surface area (Å²) in [5.41, 5.74) is 0.640. The standard InChI is InChI=1S/C14H20N2O2S/c1-2-3-4-5-6-11-14-15-12-9-7-8-10-13(12)19(17,18)16-14/h7-10H,2-6,11H2,1H3,(H,15,16). The van der Waals surface area contributed by atoms with Gasteiger partial charge in [0.05, 0.1) is 5.69 Å². The Morgan fingerprint density at radius 3 is 2.63 bits per heavy atom. The summed E-state index contributed by atoms with van der Waals surface area (Å²) in [6.45, 7) is 2.18. The lowest BCUT2D eigenvalue weighted by atomic mass is 10.1. The van der Waals surface area contributed by atoms with E-state index in [1.54, 1.807) is 18.2 Å². The molecule has 0 atom stereocenters. The minimum atomic E-state index is -3.51. The van der Waals surface area contributed by atoms with Crippen LogP contribution in [-0.2, 0) is 10.0 Å². The zero-order chi connectivity index (χ0) is 13.7. The van der Waals surface area contributed by atoms with Gasteiger partial charge < -0.3 is 5.32 Å². The molecule has 1 N–H and O–H groups in total. The van der Waals surface area contributed by atoms with Crippen molar-refractivity contribution in [2.24, 2.45) is 4.40 Å². The van der Waals surface area contributed by atoms with Crippen LogP contribution in [0.3, 0.4) is 0 Å². The average molecular weight is 280 g/mol. The van der Waals surface area contributed by atoms with Gasteiger partial charge in [0.15, 0.2) is 0 Å². The predicted octanol–water partition coefficient (Wildman–Crippen LogP) is 3.56. The summed E-state index contributed by atoms with van der Waals surface area (Å²) in [6.07, 6.45) is 6.44. The number of fused-ring (bicyclic) bond motifs is 1. The molecule has 4 nitrogen and oxygen atoms in total. The molecular weight excluding hydrogens is 260 g/mol. The van der Waals surface area contributed by atoms with Gasteiger partial charge in [-0.05, 0) is 18.6 Å². The number of nitrogens with one attached hydrogen (secondary N) is 1. The van der Waals surface area contributed by atoms with Crippen molar-refractivity contribution in [3.8, 4) is 0 Å². The van der Waals surface area contributed by atoms with E-state index in [0.717, 1.165) is 12.8 Å². The van der Waals surface area contributed by atoms with E-state index in [1.165, 1.54) is 19.3 Å². The van der Waals surface area contributed by atoms with Crippen molar-refractivity contribution in [3.05, 3.63) is 24.3 Å². The molecule has 2 rings (SSSR count). The van der Waals surface area contributed by atoms with Gasteiger partial charge in [0, 0.05) is 6.42 Å². The van der Waals surface area contributed by atoms with Gasteiger partial charge in [-0.1, -0.05) is 44.7 Å². The third-order valence-corrected chi connectivity index (χ3v) is 4.56. The van der Waals surface area contributed by atoms with Crippen LogP contribution in [0.5, 0.6) is 0 Å². The van der Waals surface area contributed by atoms with Crippen molar-refractivity contribution in [1.82, 2.24) is 0 Å². The monoisotopic (exact) mass is 280 g/mol. The number of para-hydroxylation sites is 1. The Balaban J connectivity index is 2.00. The van der Waals surface area contributed by atoms with Crippen LogP contribution >= 0.6 is 0 Å². The minimum absolute atomic E-state index is 0.268. The molecule has 0 saturated heterocycles. The quantitative estimate of drug-likeness (QED) is 0.810. The normalized spacial score (nSPS) is 16.4. The SMILES string of the molecule is CCCCCCCC1=NS(=O)(=O)c2ccccc2N1. The smallest absolute Gasteiger partial charge is 0.286 e. The second-order valence-electron chi connectivity index (χ2n) is 4.80. The Labute approximate surface area is 115 Å². The second-order valence-corrected chi connectivity index (χ2v) is 6.37. The van der Waals surface area contributed by atoms with Gasteiger partial charge in [-0.2, -0.15) is 8.42 Å². The van der Waals surface area contributed by atoms with Crippen molar-refractivity contribution in [2.75, 3.05) is 5.32 Å². The molecule has 1 heterocycles. The van der Waals surface area contributed by atoms with Crippen LogP contribution in [0.2, 0.25) is 0 Å². The van der Waals surface area contributed by atoms with E-state index >= 15 is 0 Å². The molecule has 0 radical (unpaired) electrons. The lowest BCUT2D eigenvalue weighted by molar-refractivity contribution is 0.597. The van der Waals surface area contributed by atoms with Gasteiger partial charge in [-0.3, -0.25) is 0 Å². The first-order valence-electron chi connectivity index (χ1n) is 6.83. The molecule has 1 aliphatic rings. The number of hydrogen-bond acceptors (Lipinski definition) is 3. The summed E-state index contributed by atoms with van der Waals surface area (Å²) in [5.74, 6) is 0.565. The largest absolute Gasteiger partial charge is 0.342 e. The summed E-state index contributed by atoms with van der Waals surface area (Å²) in [7, 11) is -3.51. The second kappa shape index (κ2) is 6.19. The zero-order valence-corrected chi connectivity index (χ0v) is 12.0. The van der Waals surface area contributed by atoms with Gasteiger partial charge >= 0.3 is 0 Å². The Morgan fingerprint density at radius 1 is 1.11 bits per heavy atom. The van der Waals surface area contributed by atoms with E-state index in [9.17, 15) is 8.42 Å². The molecule has 5 heteroatoms. The molecular formula is C14H20N2O2S. The highest BCUT2D eigenvalue weighted by molar-refractivity contribution is 7.90. The fraction of sp³-hybridized carbons (Fsp3) is 0.500. The maximum Gasteiger partial charge on any atom is 0.286 e. The number of rotatable bonds is 6. The van der Waals surface area contributed by atoms with Crippen LogP contribution in [0.4, 0.5) is 5.69 Å². The third-order valence-electron chi connectivity index (χ3n) is 3.19. The molecule has 19 heavy (non-hydrogen) atoms. The van der Waals surface area contributed by atoms with Crippen LogP contribution in [0.25, 0.3) is 0 Å². The van der Waals surface area contributed by atoms with Gasteiger partial charge in [-0.15, -0.1) is 4.40 Å². The highest BCUT2D eigenvalue weighted by Gasteiger charge is 2.23. The van der Waals surface area contributed by atoms with Crippen LogP contribution in [0, 0.1) is 0 Å². The molecule has 0 spiro atoms. The van der Waals surface area contributed by atoms with Crippen molar-refractivity contribution in [1.29, 1.82) is 0 Å². The summed E-state index contributed by atoms with van der Waals surface area (Å²) < 4.78 is 27.8. The Bertz CT molecular complexity index is 565. The molecule has 0 aromatic heterocycles. The number of nitrogens with zero attached hydrogens (tertiary/aromatic N) is 1. The number of benzene rings is 1. The maximum absolute atomic E-state index is 12.0. The Hall–Kier alpha value is -1.36. The molecule has 0 amide bonds. The van der Waals surface area contributed by atoms with Gasteiger partial charge in [0.2, 0.25) is 0 Å². The first-order chi connectivity index (χ1) is 9.13. The summed E-state index contributed by atoms with van der Waals surface area (Å²) in [6, 6.07) is 6.90. The number of anilines is 1. The summed E-state index contributed by atoms with van der Waals surface area (Å²) in [4.78, 5) is 0.268. The predicted molar refractivity (Wildman–Crippen MR) is 78.1 cm³/mol. The molecule has 0 unspecified atom stereocenters. The molecule has 1 aromatic rings. The Kier molecular flexibility index (Phi) is 4.58. The molecule has 0 aliphatic carbocycles. The first-order valence-corrected chi connectivity index (χ1v) is 8.27. The van der Waals surface area contributed by atoms with Crippen LogP contribution in [0.1, 0.15) is 45.4 Å². The fourth-order valence-corrected chi connectivity index (χ4v) is 3.34. The van der Waals surface area contributed by atoms with Crippen molar-refractivity contribution >= 4 is 21.5 Å². The van der Waals surface area contributed by atoms with Crippen molar-refractivity contribution in [2.45, 2.75) is 50.3 Å². The molecule has 0 bridgehead atoms. The zero-order valence-electron chi connectivity index (χ0n) is 11.2. The first kappa shape index (κ1) is 14.1. The molecule has 0 saturated carbocycles. The van der Waals surface area contributed by atoms with Crippen molar-refractivity contribution in [3.63, 3.8) is 0 Å².